The molecule has 0 aromatic carbocycles. The maximum absolute atomic E-state index is 11.6. The monoisotopic (exact) mass is 257 g/mol. The summed E-state index contributed by atoms with van der Waals surface area (Å²) in [6.07, 6.45) is 2.18. The summed E-state index contributed by atoms with van der Waals surface area (Å²) in [5, 5.41) is 0. The molecule has 0 N–H and O–H groups in total. The van der Waals surface area contributed by atoms with E-state index in [-0.39, 0.29) is 24.4 Å². The molecule has 0 amide bonds. The zero-order valence-electron chi connectivity index (χ0n) is 11.5. The summed E-state index contributed by atoms with van der Waals surface area (Å²) in [5.74, 6) is -0.632. The number of hydrogen-bond acceptors (Lipinski definition) is 5. The van der Waals surface area contributed by atoms with Gasteiger partial charge < -0.3 is 9.47 Å². The van der Waals surface area contributed by atoms with Crippen molar-refractivity contribution in [3.8, 4) is 0 Å². The first kappa shape index (κ1) is 15.0. The van der Waals surface area contributed by atoms with E-state index in [1.165, 1.54) is 0 Å². The quantitative estimate of drug-likeness (QED) is 0.612. The molecule has 0 spiro atoms. The number of hydrogen-bond donors (Lipinski definition) is 0. The predicted octanol–water partition coefficient (Wildman–Crippen LogP) is 1.21. The average Bonchev–Trinajstić information content (AvgIpc) is 3.12. The highest BCUT2D eigenvalue weighted by atomic mass is 16.5. The lowest BCUT2D eigenvalue weighted by molar-refractivity contribution is -0.150. The lowest BCUT2D eigenvalue weighted by Gasteiger charge is -2.23. The normalized spacial score (nSPS) is 16.4. The van der Waals surface area contributed by atoms with E-state index in [1.807, 2.05) is 11.8 Å². The van der Waals surface area contributed by atoms with Gasteiger partial charge in [-0.05, 0) is 26.7 Å². The number of carbonyl (C=O) groups is 2. The highest BCUT2D eigenvalue weighted by Crippen LogP contribution is 2.27. The lowest BCUT2D eigenvalue weighted by atomic mass is 10.1. The van der Waals surface area contributed by atoms with Crippen molar-refractivity contribution in [3.05, 3.63) is 0 Å². The topological polar surface area (TPSA) is 55.8 Å². The first-order valence-electron chi connectivity index (χ1n) is 6.64. The molecule has 1 saturated carbocycles. The van der Waals surface area contributed by atoms with Crippen molar-refractivity contribution in [3.63, 3.8) is 0 Å². The maximum Gasteiger partial charge on any atom is 0.320 e. The van der Waals surface area contributed by atoms with Crippen molar-refractivity contribution in [1.82, 2.24) is 4.90 Å². The minimum Gasteiger partial charge on any atom is -0.466 e. The molecule has 0 aliphatic heterocycles. The average molecular weight is 257 g/mol. The summed E-state index contributed by atoms with van der Waals surface area (Å²) in [6, 6.07) is 0.422. The Balaban J connectivity index is 2.42. The third kappa shape index (κ3) is 5.04. The Labute approximate surface area is 108 Å². The molecule has 104 valence electrons. The van der Waals surface area contributed by atoms with Crippen molar-refractivity contribution >= 4 is 11.9 Å². The molecular weight excluding hydrogens is 234 g/mol. The van der Waals surface area contributed by atoms with Crippen LogP contribution in [0, 0.1) is 5.92 Å². The molecule has 0 aromatic heterocycles. The molecule has 5 nitrogen and oxygen atoms in total. The van der Waals surface area contributed by atoms with Crippen LogP contribution in [-0.2, 0) is 19.1 Å². The first-order valence-corrected chi connectivity index (χ1v) is 6.64. The number of nitrogens with zero attached hydrogens (tertiary/aromatic N) is 1. The van der Waals surface area contributed by atoms with Gasteiger partial charge in [0.05, 0.1) is 25.7 Å². The van der Waals surface area contributed by atoms with Gasteiger partial charge in [-0.1, -0.05) is 6.92 Å². The molecule has 0 saturated heterocycles. The van der Waals surface area contributed by atoms with Crippen LogP contribution in [0.25, 0.3) is 0 Å². The largest absolute Gasteiger partial charge is 0.466 e. The molecule has 1 aliphatic rings. The first-order chi connectivity index (χ1) is 8.58. The van der Waals surface area contributed by atoms with E-state index in [2.05, 4.69) is 0 Å². The summed E-state index contributed by atoms with van der Waals surface area (Å²) in [7, 11) is 0. The third-order valence-electron chi connectivity index (χ3n) is 2.90. The van der Waals surface area contributed by atoms with Crippen LogP contribution in [0.5, 0.6) is 0 Å². The molecule has 0 bridgehead atoms. The predicted molar refractivity (Wildman–Crippen MR) is 67.0 cm³/mol. The molecule has 0 aromatic rings. The van der Waals surface area contributed by atoms with Gasteiger partial charge in [-0.15, -0.1) is 0 Å². The standard InChI is InChI=1S/C13H23NO4/c1-4-17-12(15)9-14(11-6-7-11)8-10(3)13(16)18-5-2/h10-11H,4-9H2,1-3H3. The third-order valence-corrected chi connectivity index (χ3v) is 2.90. The van der Waals surface area contributed by atoms with E-state index in [9.17, 15) is 9.59 Å². The number of ether oxygens (including phenoxy) is 2. The number of carbonyl (C=O) groups excluding carboxylic acids is 2. The summed E-state index contributed by atoms with van der Waals surface area (Å²) < 4.78 is 9.92. The Morgan fingerprint density at radius 2 is 1.83 bits per heavy atom. The van der Waals surface area contributed by atoms with E-state index >= 15 is 0 Å². The van der Waals surface area contributed by atoms with Crippen LogP contribution in [0.4, 0.5) is 0 Å². The summed E-state index contributed by atoms with van der Waals surface area (Å²) >= 11 is 0. The molecule has 1 atom stereocenters. The molecule has 1 unspecified atom stereocenters. The molecule has 1 fully saturated rings. The fourth-order valence-corrected chi connectivity index (χ4v) is 1.87. The van der Waals surface area contributed by atoms with Gasteiger partial charge >= 0.3 is 11.9 Å². The van der Waals surface area contributed by atoms with Crippen LogP contribution in [0.1, 0.15) is 33.6 Å². The summed E-state index contributed by atoms with van der Waals surface area (Å²) in [5.41, 5.74) is 0. The zero-order chi connectivity index (χ0) is 13.5. The Morgan fingerprint density at radius 3 is 2.33 bits per heavy atom. The van der Waals surface area contributed by atoms with Gasteiger partial charge in [-0.25, -0.2) is 0 Å². The van der Waals surface area contributed by atoms with Gasteiger partial charge in [0.2, 0.25) is 0 Å². The Morgan fingerprint density at radius 1 is 1.22 bits per heavy atom. The van der Waals surface area contributed by atoms with Gasteiger partial charge in [0.1, 0.15) is 0 Å². The minimum absolute atomic E-state index is 0.202. The van der Waals surface area contributed by atoms with Crippen LogP contribution < -0.4 is 0 Å². The second-order valence-corrected chi connectivity index (χ2v) is 4.62. The van der Waals surface area contributed by atoms with Crippen molar-refractivity contribution < 1.29 is 19.1 Å². The highest BCUT2D eigenvalue weighted by molar-refractivity contribution is 5.73. The van der Waals surface area contributed by atoms with Gasteiger partial charge in [0, 0.05) is 12.6 Å². The van der Waals surface area contributed by atoms with Gasteiger partial charge in [-0.2, -0.15) is 0 Å². The fourth-order valence-electron chi connectivity index (χ4n) is 1.87. The Kier molecular flexibility index (Phi) is 6.12. The SMILES string of the molecule is CCOC(=O)CN(CC(C)C(=O)OCC)C1CC1. The van der Waals surface area contributed by atoms with Crippen LogP contribution in [-0.4, -0.2) is 49.2 Å². The van der Waals surface area contributed by atoms with Crippen LogP contribution >= 0.6 is 0 Å². The van der Waals surface area contributed by atoms with Gasteiger partial charge in [-0.3, -0.25) is 14.5 Å². The maximum atomic E-state index is 11.6. The van der Waals surface area contributed by atoms with Gasteiger partial charge in [0.15, 0.2) is 0 Å². The Hall–Kier alpha value is -1.10. The van der Waals surface area contributed by atoms with Crippen LogP contribution in [0.15, 0.2) is 0 Å². The molecule has 1 aliphatic carbocycles. The van der Waals surface area contributed by atoms with E-state index in [1.54, 1.807) is 13.8 Å². The van der Waals surface area contributed by atoms with Crippen molar-refractivity contribution in [2.45, 2.75) is 39.7 Å². The molecular formula is C13H23NO4. The lowest BCUT2D eigenvalue weighted by Crippen LogP contribution is -2.38. The number of rotatable bonds is 8. The van der Waals surface area contributed by atoms with Crippen molar-refractivity contribution in [2.24, 2.45) is 5.92 Å². The van der Waals surface area contributed by atoms with E-state index in [0.29, 0.717) is 25.8 Å². The van der Waals surface area contributed by atoms with Crippen molar-refractivity contribution in [2.75, 3.05) is 26.3 Å². The molecule has 0 heterocycles. The number of esters is 2. The second kappa shape index (κ2) is 7.36. The van der Waals surface area contributed by atoms with Crippen molar-refractivity contribution in [1.29, 1.82) is 0 Å². The minimum atomic E-state index is -0.222. The molecule has 18 heavy (non-hydrogen) atoms. The fraction of sp³-hybridized carbons (Fsp3) is 0.846. The second-order valence-electron chi connectivity index (χ2n) is 4.62. The summed E-state index contributed by atoms with van der Waals surface area (Å²) in [4.78, 5) is 25.1. The Bertz CT molecular complexity index is 289. The highest BCUT2D eigenvalue weighted by Gasteiger charge is 2.32. The van der Waals surface area contributed by atoms with Crippen LogP contribution in [0.3, 0.4) is 0 Å². The summed E-state index contributed by atoms with van der Waals surface area (Å²) in [6.45, 7) is 7.03. The molecule has 5 heteroatoms. The molecule has 0 radical (unpaired) electrons. The van der Waals surface area contributed by atoms with Crippen LogP contribution in [0.2, 0.25) is 0 Å². The van der Waals surface area contributed by atoms with Gasteiger partial charge in [0.25, 0.3) is 0 Å². The molecule has 1 rings (SSSR count). The van der Waals surface area contributed by atoms with E-state index < -0.39 is 0 Å². The van der Waals surface area contributed by atoms with E-state index in [0.717, 1.165) is 12.8 Å². The van der Waals surface area contributed by atoms with E-state index in [4.69, 9.17) is 9.47 Å². The smallest absolute Gasteiger partial charge is 0.320 e. The zero-order valence-corrected chi connectivity index (χ0v) is 11.5.